The Hall–Kier alpha value is -3.44. The molecule has 196 valence electrons. The normalized spacial score (nSPS) is 21.0. The summed E-state index contributed by atoms with van der Waals surface area (Å²) in [6, 6.07) is 4.72. The largest absolute Gasteiger partial charge is 0.472 e. The number of aromatic nitrogens is 2. The van der Waals surface area contributed by atoms with E-state index in [1.807, 2.05) is 13.8 Å². The SMILES string of the molecule is C[C@H]1CN([C@@H](C)CO)C(=O)c2cc(C#CC3CCCCC3)cnc2O[C@@H]1CN(C)C(=O)c1ccncc1. The van der Waals surface area contributed by atoms with Crippen LogP contribution in [0.3, 0.4) is 0 Å². The van der Waals surface area contributed by atoms with Crippen molar-refractivity contribution >= 4 is 11.8 Å². The van der Waals surface area contributed by atoms with Crippen molar-refractivity contribution in [1.29, 1.82) is 0 Å². The minimum atomic E-state index is -0.414. The van der Waals surface area contributed by atoms with E-state index >= 15 is 0 Å². The molecule has 4 rings (SSSR count). The van der Waals surface area contributed by atoms with Gasteiger partial charge < -0.3 is 19.6 Å². The van der Waals surface area contributed by atoms with E-state index in [9.17, 15) is 14.7 Å². The fourth-order valence-corrected chi connectivity index (χ4v) is 4.89. The van der Waals surface area contributed by atoms with Crippen molar-refractivity contribution in [2.24, 2.45) is 11.8 Å². The number of likely N-dealkylation sites (N-methyl/N-ethyl adjacent to an activating group) is 1. The van der Waals surface area contributed by atoms with Gasteiger partial charge in [-0.25, -0.2) is 4.98 Å². The second kappa shape index (κ2) is 12.2. The van der Waals surface area contributed by atoms with Crippen LogP contribution >= 0.6 is 0 Å². The zero-order chi connectivity index (χ0) is 26.4. The first-order valence-corrected chi connectivity index (χ1v) is 13.1. The summed E-state index contributed by atoms with van der Waals surface area (Å²) in [6.07, 6.45) is 10.3. The van der Waals surface area contributed by atoms with Crippen LogP contribution in [-0.4, -0.2) is 75.6 Å². The van der Waals surface area contributed by atoms with E-state index in [1.165, 1.54) is 19.3 Å². The molecule has 1 saturated carbocycles. The number of rotatable bonds is 5. The highest BCUT2D eigenvalue weighted by Crippen LogP contribution is 2.28. The third-order valence-electron chi connectivity index (χ3n) is 7.27. The van der Waals surface area contributed by atoms with Gasteiger partial charge in [0.25, 0.3) is 11.8 Å². The molecule has 1 aliphatic carbocycles. The van der Waals surface area contributed by atoms with Crippen LogP contribution in [0, 0.1) is 23.7 Å². The molecule has 1 fully saturated rings. The van der Waals surface area contributed by atoms with Crippen LogP contribution in [0.15, 0.2) is 36.8 Å². The number of fused-ring (bicyclic) bond motifs is 1. The van der Waals surface area contributed by atoms with E-state index in [4.69, 9.17) is 4.74 Å². The van der Waals surface area contributed by atoms with Crippen LogP contribution < -0.4 is 4.74 Å². The fourth-order valence-electron chi connectivity index (χ4n) is 4.89. The molecule has 2 aliphatic rings. The van der Waals surface area contributed by atoms with E-state index < -0.39 is 6.10 Å². The second-order valence-corrected chi connectivity index (χ2v) is 10.2. The molecule has 0 radical (unpaired) electrons. The van der Waals surface area contributed by atoms with Crippen LogP contribution in [0.25, 0.3) is 0 Å². The van der Waals surface area contributed by atoms with E-state index in [-0.39, 0.29) is 36.3 Å². The molecule has 37 heavy (non-hydrogen) atoms. The zero-order valence-corrected chi connectivity index (χ0v) is 21.9. The first-order chi connectivity index (χ1) is 17.9. The van der Waals surface area contributed by atoms with Crippen molar-refractivity contribution in [2.75, 3.05) is 26.7 Å². The first kappa shape index (κ1) is 26.6. The number of ether oxygens (including phenoxy) is 1. The Morgan fingerprint density at radius 1 is 1.27 bits per heavy atom. The number of aliphatic hydroxyl groups excluding tert-OH is 1. The average Bonchev–Trinajstić information content (AvgIpc) is 2.94. The number of aliphatic hydroxyl groups is 1. The summed E-state index contributed by atoms with van der Waals surface area (Å²) >= 11 is 0. The Bertz CT molecular complexity index is 1150. The molecular weight excluding hydrogens is 468 g/mol. The number of carbonyl (C=O) groups is 2. The quantitative estimate of drug-likeness (QED) is 0.627. The second-order valence-electron chi connectivity index (χ2n) is 10.2. The standard InChI is InChI=1S/C29H36N4O4/c1-20-17-33(21(2)19-34)29(36)25-15-23(10-9-22-7-5-4-6-8-22)16-31-27(25)37-26(20)18-32(3)28(35)24-11-13-30-14-12-24/h11-16,20-22,26,34H,4-8,17-19H2,1-3H3/t20-,21-,26+/m0/s1. The van der Waals surface area contributed by atoms with Gasteiger partial charge in [0, 0.05) is 55.1 Å². The van der Waals surface area contributed by atoms with Gasteiger partial charge in [-0.05, 0) is 38.0 Å². The van der Waals surface area contributed by atoms with Crippen molar-refractivity contribution in [3.8, 4) is 17.7 Å². The first-order valence-electron chi connectivity index (χ1n) is 13.1. The monoisotopic (exact) mass is 504 g/mol. The summed E-state index contributed by atoms with van der Waals surface area (Å²) in [5.41, 5.74) is 1.55. The van der Waals surface area contributed by atoms with E-state index in [0.29, 0.717) is 35.7 Å². The Morgan fingerprint density at radius 3 is 2.70 bits per heavy atom. The predicted molar refractivity (Wildman–Crippen MR) is 140 cm³/mol. The Balaban J connectivity index is 1.62. The molecule has 1 N–H and O–H groups in total. The number of hydrogen-bond donors (Lipinski definition) is 1. The summed E-state index contributed by atoms with van der Waals surface area (Å²) in [5, 5.41) is 9.87. The van der Waals surface area contributed by atoms with Gasteiger partial charge in [-0.3, -0.25) is 14.6 Å². The molecule has 0 spiro atoms. The number of carbonyl (C=O) groups excluding carboxylic acids is 2. The molecule has 3 heterocycles. The molecule has 2 aromatic rings. The smallest absolute Gasteiger partial charge is 0.259 e. The van der Waals surface area contributed by atoms with Gasteiger partial charge >= 0.3 is 0 Å². The third-order valence-corrected chi connectivity index (χ3v) is 7.27. The van der Waals surface area contributed by atoms with Crippen LogP contribution in [0.2, 0.25) is 0 Å². The van der Waals surface area contributed by atoms with Crippen molar-refractivity contribution in [3.63, 3.8) is 0 Å². The molecule has 0 saturated heterocycles. The lowest BCUT2D eigenvalue weighted by Crippen LogP contribution is -2.50. The maximum Gasteiger partial charge on any atom is 0.259 e. The molecule has 0 aromatic carbocycles. The maximum absolute atomic E-state index is 13.6. The van der Waals surface area contributed by atoms with E-state index in [1.54, 1.807) is 53.6 Å². The summed E-state index contributed by atoms with van der Waals surface area (Å²) in [6.45, 7) is 4.33. The summed E-state index contributed by atoms with van der Waals surface area (Å²) in [4.78, 5) is 38.3. The third kappa shape index (κ3) is 6.47. The van der Waals surface area contributed by atoms with Gasteiger partial charge in [-0.2, -0.15) is 0 Å². The minimum absolute atomic E-state index is 0.119. The van der Waals surface area contributed by atoms with Crippen molar-refractivity contribution in [3.05, 3.63) is 53.5 Å². The lowest BCUT2D eigenvalue weighted by molar-refractivity contribution is 0.0313. The molecule has 2 aromatic heterocycles. The number of hydrogen-bond acceptors (Lipinski definition) is 6. The predicted octanol–water partition coefficient (Wildman–Crippen LogP) is 3.40. The van der Waals surface area contributed by atoms with Crippen LogP contribution in [0.5, 0.6) is 5.88 Å². The highest BCUT2D eigenvalue weighted by atomic mass is 16.5. The number of pyridine rings is 2. The van der Waals surface area contributed by atoms with Gasteiger partial charge in [0.1, 0.15) is 11.7 Å². The lowest BCUT2D eigenvalue weighted by Gasteiger charge is -2.37. The molecule has 0 bridgehead atoms. The highest BCUT2D eigenvalue weighted by Gasteiger charge is 2.34. The van der Waals surface area contributed by atoms with Crippen LogP contribution in [0.1, 0.15) is 72.2 Å². The number of nitrogens with zero attached hydrogens (tertiary/aromatic N) is 4. The maximum atomic E-state index is 13.6. The summed E-state index contributed by atoms with van der Waals surface area (Å²) in [5.74, 6) is 6.69. The zero-order valence-electron chi connectivity index (χ0n) is 21.9. The number of amides is 2. The van der Waals surface area contributed by atoms with Crippen molar-refractivity contribution in [2.45, 2.75) is 58.1 Å². The van der Waals surface area contributed by atoms with Gasteiger partial charge in [-0.1, -0.05) is 38.0 Å². The molecule has 2 amide bonds. The molecular formula is C29H36N4O4. The molecule has 8 heteroatoms. The van der Waals surface area contributed by atoms with E-state index in [2.05, 4.69) is 21.8 Å². The average molecular weight is 505 g/mol. The summed E-state index contributed by atoms with van der Waals surface area (Å²) in [7, 11) is 1.73. The van der Waals surface area contributed by atoms with Crippen molar-refractivity contribution in [1.82, 2.24) is 19.8 Å². The van der Waals surface area contributed by atoms with Gasteiger partial charge in [0.2, 0.25) is 5.88 Å². The Morgan fingerprint density at radius 2 is 2.00 bits per heavy atom. The topological polar surface area (TPSA) is 95.9 Å². The molecule has 1 aliphatic heterocycles. The molecule has 8 nitrogen and oxygen atoms in total. The Kier molecular flexibility index (Phi) is 8.78. The Labute approximate surface area is 219 Å². The molecule has 3 atom stereocenters. The molecule has 0 unspecified atom stereocenters. The van der Waals surface area contributed by atoms with Crippen molar-refractivity contribution < 1.29 is 19.4 Å². The van der Waals surface area contributed by atoms with Crippen LogP contribution in [0.4, 0.5) is 0 Å². The van der Waals surface area contributed by atoms with Gasteiger partial charge in [-0.15, -0.1) is 0 Å². The van der Waals surface area contributed by atoms with E-state index in [0.717, 1.165) is 12.8 Å². The van der Waals surface area contributed by atoms with Gasteiger partial charge in [0.05, 0.1) is 19.2 Å². The highest BCUT2D eigenvalue weighted by molar-refractivity contribution is 5.97. The lowest BCUT2D eigenvalue weighted by atomic mass is 9.90. The fraction of sp³-hybridized carbons (Fsp3) is 0.517. The van der Waals surface area contributed by atoms with Gasteiger partial charge in [0.15, 0.2) is 0 Å². The minimum Gasteiger partial charge on any atom is -0.472 e. The van der Waals surface area contributed by atoms with Crippen LogP contribution in [-0.2, 0) is 0 Å². The summed E-state index contributed by atoms with van der Waals surface area (Å²) < 4.78 is 6.31.